The second kappa shape index (κ2) is 2.85. The predicted molar refractivity (Wildman–Crippen MR) is 42.9 cm³/mol. The van der Waals surface area contributed by atoms with Crippen LogP contribution in [0.3, 0.4) is 0 Å². The van der Waals surface area contributed by atoms with Gasteiger partial charge in [-0.25, -0.2) is 8.42 Å². The van der Waals surface area contributed by atoms with Crippen molar-refractivity contribution in [1.29, 1.82) is 0 Å². The van der Waals surface area contributed by atoms with E-state index >= 15 is 0 Å². The Labute approximate surface area is 79.9 Å². The molecule has 0 N–H and O–H groups in total. The smallest absolute Gasteiger partial charge is 0.203 e. The first-order valence-electron chi connectivity index (χ1n) is 4.45. The molecule has 0 radical (unpaired) electrons. The number of nitrogens with zero attached hydrogens (tertiary/aromatic N) is 1. The molecule has 14 heavy (non-hydrogen) atoms. The number of halogens is 3. The van der Waals surface area contributed by atoms with E-state index in [0.717, 1.165) is 12.8 Å². The molecule has 1 saturated carbocycles. The molecule has 7 heteroatoms. The second-order valence-electron chi connectivity index (χ2n) is 3.70. The molecule has 0 spiro atoms. The second-order valence-corrected chi connectivity index (χ2v) is 5.53. The van der Waals surface area contributed by atoms with Gasteiger partial charge >= 0.3 is 15.5 Å². The Balaban J connectivity index is 2.19. The van der Waals surface area contributed by atoms with Gasteiger partial charge in [-0.2, -0.15) is 17.5 Å². The maximum atomic E-state index is 12.1. The van der Waals surface area contributed by atoms with E-state index in [2.05, 4.69) is 0 Å². The zero-order valence-electron chi connectivity index (χ0n) is 7.29. The Morgan fingerprint density at radius 1 is 1.07 bits per heavy atom. The van der Waals surface area contributed by atoms with Gasteiger partial charge < -0.3 is 0 Å². The lowest BCUT2D eigenvalue weighted by molar-refractivity contribution is -0.0469. The molecule has 1 heterocycles. The van der Waals surface area contributed by atoms with Crippen molar-refractivity contribution >= 4 is 10.0 Å². The van der Waals surface area contributed by atoms with Gasteiger partial charge in [-0.15, -0.1) is 0 Å². The zero-order chi connectivity index (χ0) is 10.6. The fourth-order valence-corrected chi connectivity index (χ4v) is 3.52. The van der Waals surface area contributed by atoms with Crippen LogP contribution >= 0.6 is 0 Å². The standard InChI is InChI=1S/C7H10F3NO2S/c8-7(9,10)14(12,13)11-5-3-1-2-4-6(5)11/h5-6H,1-4H2. The fourth-order valence-electron chi connectivity index (χ4n) is 2.13. The third kappa shape index (κ3) is 1.33. The van der Waals surface area contributed by atoms with Crippen molar-refractivity contribution < 1.29 is 21.6 Å². The summed E-state index contributed by atoms with van der Waals surface area (Å²) in [7, 11) is -5.05. The molecular formula is C7H10F3NO2S. The normalized spacial score (nSPS) is 37.8. The summed E-state index contributed by atoms with van der Waals surface area (Å²) in [5.74, 6) is 0. The SMILES string of the molecule is O=S(=O)(N1C2CCCCC21)C(F)(F)F. The van der Waals surface area contributed by atoms with E-state index in [1.54, 1.807) is 0 Å². The number of rotatable bonds is 1. The first-order chi connectivity index (χ1) is 6.36. The maximum absolute atomic E-state index is 12.1. The third-order valence-electron chi connectivity index (χ3n) is 2.83. The van der Waals surface area contributed by atoms with Crippen molar-refractivity contribution in [3.63, 3.8) is 0 Å². The van der Waals surface area contributed by atoms with Crippen molar-refractivity contribution in [2.75, 3.05) is 0 Å². The van der Waals surface area contributed by atoms with Gasteiger partial charge in [-0.05, 0) is 12.8 Å². The van der Waals surface area contributed by atoms with Crippen molar-refractivity contribution in [2.45, 2.75) is 43.3 Å². The summed E-state index contributed by atoms with van der Waals surface area (Å²) >= 11 is 0. The third-order valence-corrected chi connectivity index (χ3v) is 4.51. The summed E-state index contributed by atoms with van der Waals surface area (Å²) in [4.78, 5) is 0. The van der Waals surface area contributed by atoms with Crippen LogP contribution < -0.4 is 0 Å². The molecule has 2 fully saturated rings. The largest absolute Gasteiger partial charge is 0.511 e. The molecule has 1 aliphatic carbocycles. The topological polar surface area (TPSA) is 37.1 Å². The molecule has 0 aromatic carbocycles. The average molecular weight is 229 g/mol. The Hall–Kier alpha value is -0.300. The van der Waals surface area contributed by atoms with Crippen LogP contribution in [0.5, 0.6) is 0 Å². The zero-order valence-corrected chi connectivity index (χ0v) is 8.11. The quantitative estimate of drug-likeness (QED) is 0.638. The van der Waals surface area contributed by atoms with Gasteiger partial charge in [0.1, 0.15) is 0 Å². The predicted octanol–water partition coefficient (Wildman–Crippen LogP) is 1.46. The average Bonchev–Trinajstić information content (AvgIpc) is 2.75. The van der Waals surface area contributed by atoms with E-state index in [4.69, 9.17) is 0 Å². The maximum Gasteiger partial charge on any atom is 0.511 e. The highest BCUT2D eigenvalue weighted by molar-refractivity contribution is 7.90. The highest BCUT2D eigenvalue weighted by Crippen LogP contribution is 2.46. The molecular weight excluding hydrogens is 219 g/mol. The molecule has 2 rings (SSSR count). The molecule has 3 nitrogen and oxygen atoms in total. The molecule has 0 aromatic heterocycles. The minimum Gasteiger partial charge on any atom is -0.203 e. The van der Waals surface area contributed by atoms with Gasteiger partial charge in [0.05, 0.1) is 0 Å². The van der Waals surface area contributed by atoms with Gasteiger partial charge in [0.25, 0.3) is 0 Å². The number of alkyl halides is 3. The lowest BCUT2D eigenvalue weighted by Crippen LogP contribution is -2.31. The van der Waals surface area contributed by atoms with E-state index < -0.39 is 15.5 Å². The molecule has 2 aliphatic rings. The van der Waals surface area contributed by atoms with Gasteiger partial charge in [0, 0.05) is 12.1 Å². The van der Waals surface area contributed by atoms with Crippen LogP contribution in [-0.2, 0) is 10.0 Å². The summed E-state index contributed by atoms with van der Waals surface area (Å²) in [5.41, 5.74) is -5.13. The van der Waals surface area contributed by atoms with E-state index in [0.29, 0.717) is 17.1 Å². The molecule has 0 amide bonds. The minimum absolute atomic E-state index is 0.379. The Bertz CT molecular complexity index is 325. The Morgan fingerprint density at radius 2 is 1.50 bits per heavy atom. The van der Waals surface area contributed by atoms with E-state index in [-0.39, 0.29) is 12.1 Å². The number of sulfonamides is 1. The summed E-state index contributed by atoms with van der Waals surface area (Å²) in [5, 5.41) is 0. The monoisotopic (exact) mass is 229 g/mol. The number of hydrogen-bond donors (Lipinski definition) is 0. The highest BCUT2D eigenvalue weighted by Gasteiger charge is 2.64. The first kappa shape index (κ1) is 10.2. The molecule has 82 valence electrons. The van der Waals surface area contributed by atoms with Crippen LogP contribution in [-0.4, -0.2) is 30.3 Å². The summed E-state index contributed by atoms with van der Waals surface area (Å²) in [6, 6.07) is -0.759. The minimum atomic E-state index is -5.13. The van der Waals surface area contributed by atoms with Crippen molar-refractivity contribution in [1.82, 2.24) is 4.31 Å². The molecule has 0 aromatic rings. The van der Waals surface area contributed by atoms with Gasteiger partial charge in [-0.1, -0.05) is 12.8 Å². The summed E-state index contributed by atoms with van der Waals surface area (Å²) < 4.78 is 59.0. The lowest BCUT2D eigenvalue weighted by Gasteiger charge is -2.08. The van der Waals surface area contributed by atoms with Crippen LogP contribution in [0, 0.1) is 0 Å². The lowest BCUT2D eigenvalue weighted by atomic mass is 10.0. The van der Waals surface area contributed by atoms with E-state index in [9.17, 15) is 21.6 Å². The van der Waals surface area contributed by atoms with Crippen LogP contribution in [0.15, 0.2) is 0 Å². The summed E-state index contributed by atoms with van der Waals surface area (Å²) in [6.07, 6.45) is 2.79. The Kier molecular flexibility index (Phi) is 2.08. The molecule has 0 bridgehead atoms. The van der Waals surface area contributed by atoms with Gasteiger partial charge in [0.15, 0.2) is 0 Å². The number of fused-ring (bicyclic) bond motifs is 1. The summed E-state index contributed by atoms with van der Waals surface area (Å²) in [6.45, 7) is 0. The van der Waals surface area contributed by atoms with Crippen molar-refractivity contribution in [3.05, 3.63) is 0 Å². The molecule has 2 atom stereocenters. The van der Waals surface area contributed by atoms with Gasteiger partial charge in [-0.3, -0.25) is 0 Å². The van der Waals surface area contributed by atoms with Crippen LogP contribution in [0.25, 0.3) is 0 Å². The number of hydrogen-bond acceptors (Lipinski definition) is 2. The first-order valence-corrected chi connectivity index (χ1v) is 5.89. The Morgan fingerprint density at radius 3 is 1.86 bits per heavy atom. The van der Waals surface area contributed by atoms with Gasteiger partial charge in [0.2, 0.25) is 0 Å². The van der Waals surface area contributed by atoms with E-state index in [1.165, 1.54) is 0 Å². The molecule has 1 aliphatic heterocycles. The van der Waals surface area contributed by atoms with Crippen molar-refractivity contribution in [2.24, 2.45) is 0 Å². The van der Waals surface area contributed by atoms with E-state index in [1.807, 2.05) is 0 Å². The van der Waals surface area contributed by atoms with Crippen LogP contribution in [0.4, 0.5) is 13.2 Å². The van der Waals surface area contributed by atoms with Crippen LogP contribution in [0.1, 0.15) is 25.7 Å². The van der Waals surface area contributed by atoms with Crippen molar-refractivity contribution in [3.8, 4) is 0 Å². The van der Waals surface area contributed by atoms with Crippen LogP contribution in [0.2, 0.25) is 0 Å². The molecule has 2 unspecified atom stereocenters. The highest BCUT2D eigenvalue weighted by atomic mass is 32.2. The molecule has 1 saturated heterocycles. The fraction of sp³-hybridized carbons (Fsp3) is 1.00.